The second kappa shape index (κ2) is 9.32. The summed E-state index contributed by atoms with van der Waals surface area (Å²) in [5.41, 5.74) is 0.810. The van der Waals surface area contributed by atoms with Crippen molar-refractivity contribution in [3.05, 3.63) is 52.5 Å². The Bertz CT molecular complexity index is 1190. The molecule has 0 bridgehead atoms. The highest BCUT2D eigenvalue weighted by molar-refractivity contribution is 7.91. The van der Waals surface area contributed by atoms with Crippen LogP contribution in [-0.4, -0.2) is 56.1 Å². The highest BCUT2D eigenvalue weighted by Crippen LogP contribution is 2.33. The number of para-hydroxylation sites is 1. The Morgan fingerprint density at radius 2 is 1.74 bits per heavy atom. The van der Waals surface area contributed by atoms with Gasteiger partial charge in [-0.1, -0.05) is 40.6 Å². The van der Waals surface area contributed by atoms with E-state index in [1.807, 2.05) is 18.2 Å². The molecule has 164 valence electrons. The molecule has 0 aliphatic carbocycles. The van der Waals surface area contributed by atoms with Crippen LogP contribution in [0, 0.1) is 0 Å². The second-order valence-corrected chi connectivity index (χ2v) is 11.3. The minimum Gasteiger partial charge on any atom is -0.345 e. The van der Waals surface area contributed by atoms with Gasteiger partial charge in [0.15, 0.2) is 15.0 Å². The van der Waals surface area contributed by atoms with E-state index in [4.69, 9.17) is 23.2 Å². The van der Waals surface area contributed by atoms with Gasteiger partial charge in [-0.05, 0) is 42.8 Å². The molecule has 4 rings (SSSR count). The Morgan fingerprint density at radius 3 is 2.42 bits per heavy atom. The van der Waals surface area contributed by atoms with Crippen molar-refractivity contribution in [3.8, 4) is 0 Å². The molecule has 1 aromatic heterocycles. The van der Waals surface area contributed by atoms with E-state index in [1.54, 1.807) is 28.4 Å². The van der Waals surface area contributed by atoms with E-state index in [0.717, 1.165) is 15.3 Å². The van der Waals surface area contributed by atoms with Crippen LogP contribution in [0.3, 0.4) is 0 Å². The molecule has 0 saturated carbocycles. The van der Waals surface area contributed by atoms with Gasteiger partial charge < -0.3 is 9.80 Å². The van der Waals surface area contributed by atoms with Crippen LogP contribution in [0.15, 0.2) is 47.4 Å². The van der Waals surface area contributed by atoms with Gasteiger partial charge in [0, 0.05) is 37.6 Å². The number of benzene rings is 2. The van der Waals surface area contributed by atoms with Crippen LogP contribution in [0.5, 0.6) is 0 Å². The number of fused-ring (bicyclic) bond motifs is 1. The number of piperazine rings is 1. The van der Waals surface area contributed by atoms with Crippen LogP contribution in [0.1, 0.15) is 12.8 Å². The zero-order valence-corrected chi connectivity index (χ0v) is 19.8. The predicted octanol–water partition coefficient (Wildman–Crippen LogP) is 4.51. The van der Waals surface area contributed by atoms with Crippen molar-refractivity contribution in [2.24, 2.45) is 0 Å². The van der Waals surface area contributed by atoms with Crippen molar-refractivity contribution in [2.45, 2.75) is 17.7 Å². The van der Waals surface area contributed by atoms with Crippen LogP contribution in [0.2, 0.25) is 10.0 Å². The average Bonchev–Trinajstić information content (AvgIpc) is 3.20. The molecule has 6 nitrogen and oxygen atoms in total. The number of sulfone groups is 1. The topological polar surface area (TPSA) is 70.6 Å². The monoisotopic (exact) mass is 497 g/mol. The lowest BCUT2D eigenvalue weighted by Gasteiger charge is -2.34. The molecule has 1 aliphatic heterocycles. The summed E-state index contributed by atoms with van der Waals surface area (Å²) < 4.78 is 25.9. The van der Waals surface area contributed by atoms with E-state index < -0.39 is 9.84 Å². The third-order valence-electron chi connectivity index (χ3n) is 5.24. The van der Waals surface area contributed by atoms with E-state index in [1.165, 1.54) is 12.1 Å². The molecular formula is C21H21Cl2N3O3S2. The molecular weight excluding hydrogens is 477 g/mol. The number of aromatic nitrogens is 1. The van der Waals surface area contributed by atoms with Crippen LogP contribution < -0.4 is 4.90 Å². The Balaban J connectivity index is 1.28. The van der Waals surface area contributed by atoms with Gasteiger partial charge in [-0.2, -0.15) is 0 Å². The fourth-order valence-corrected chi connectivity index (χ4v) is 6.27. The Labute approximate surface area is 195 Å². The summed E-state index contributed by atoms with van der Waals surface area (Å²) in [5, 5.41) is 2.04. The predicted molar refractivity (Wildman–Crippen MR) is 126 cm³/mol. The number of amides is 1. The van der Waals surface area contributed by atoms with E-state index in [2.05, 4.69) is 9.88 Å². The first kappa shape index (κ1) is 22.3. The first-order valence-electron chi connectivity index (χ1n) is 9.89. The van der Waals surface area contributed by atoms with Crippen LogP contribution in [0.4, 0.5) is 5.13 Å². The molecule has 0 unspecified atom stereocenters. The summed E-state index contributed by atoms with van der Waals surface area (Å²) in [7, 11) is -3.42. The van der Waals surface area contributed by atoms with Crippen molar-refractivity contribution < 1.29 is 13.2 Å². The second-order valence-electron chi connectivity index (χ2n) is 7.33. The third-order valence-corrected chi connectivity index (χ3v) is 8.69. The van der Waals surface area contributed by atoms with E-state index in [0.29, 0.717) is 42.6 Å². The fraction of sp³-hybridized carbons (Fsp3) is 0.333. The standard InChI is InChI=1S/C21H21Cl2N3O3S2/c22-15-6-8-16(9-7-15)31(28,29)14-2-5-19(27)25-10-12-26(13-11-25)21-24-20-17(23)3-1-4-18(20)30-21/h1,3-4,6-9H,2,5,10-14H2. The number of hydrogen-bond donors (Lipinski definition) is 0. The Hall–Kier alpha value is -1.87. The van der Waals surface area contributed by atoms with Crippen LogP contribution >= 0.6 is 34.5 Å². The summed E-state index contributed by atoms with van der Waals surface area (Å²) in [6, 6.07) is 11.8. The fourth-order valence-electron chi connectivity index (χ4n) is 3.52. The minimum absolute atomic E-state index is 0.0155. The number of carbonyl (C=O) groups is 1. The van der Waals surface area contributed by atoms with Crippen molar-refractivity contribution in [1.29, 1.82) is 0 Å². The van der Waals surface area contributed by atoms with Crippen molar-refractivity contribution >= 4 is 65.6 Å². The molecule has 2 heterocycles. The largest absolute Gasteiger partial charge is 0.345 e. The molecule has 2 aromatic carbocycles. The molecule has 1 amide bonds. The van der Waals surface area contributed by atoms with E-state index in [-0.39, 0.29) is 23.0 Å². The number of anilines is 1. The SMILES string of the molecule is O=C(CCCS(=O)(=O)c1ccc(Cl)cc1)N1CCN(c2nc3c(Cl)cccc3s2)CC1. The molecule has 10 heteroatoms. The van der Waals surface area contributed by atoms with Crippen molar-refractivity contribution in [1.82, 2.24) is 9.88 Å². The van der Waals surface area contributed by atoms with Gasteiger partial charge in [0.2, 0.25) is 5.91 Å². The van der Waals surface area contributed by atoms with Gasteiger partial charge in [-0.3, -0.25) is 4.79 Å². The zero-order valence-electron chi connectivity index (χ0n) is 16.6. The maximum Gasteiger partial charge on any atom is 0.222 e. The van der Waals surface area contributed by atoms with E-state index in [9.17, 15) is 13.2 Å². The smallest absolute Gasteiger partial charge is 0.222 e. The number of nitrogens with zero attached hydrogens (tertiary/aromatic N) is 3. The number of hydrogen-bond acceptors (Lipinski definition) is 6. The summed E-state index contributed by atoms with van der Waals surface area (Å²) in [6.07, 6.45) is 0.504. The Kier molecular flexibility index (Phi) is 6.71. The maximum atomic E-state index is 12.6. The number of rotatable bonds is 6. The summed E-state index contributed by atoms with van der Waals surface area (Å²) in [6.45, 7) is 2.55. The van der Waals surface area contributed by atoms with Gasteiger partial charge in [-0.25, -0.2) is 13.4 Å². The number of halogens is 2. The molecule has 3 aromatic rings. The van der Waals surface area contributed by atoms with Crippen LogP contribution in [0.25, 0.3) is 10.2 Å². The maximum absolute atomic E-state index is 12.6. The van der Waals surface area contributed by atoms with Gasteiger partial charge in [0.1, 0.15) is 5.52 Å². The van der Waals surface area contributed by atoms with Crippen LogP contribution in [-0.2, 0) is 14.6 Å². The highest BCUT2D eigenvalue weighted by Gasteiger charge is 2.24. The molecule has 1 saturated heterocycles. The Morgan fingerprint density at radius 1 is 1.03 bits per heavy atom. The van der Waals surface area contributed by atoms with Crippen molar-refractivity contribution in [2.75, 3.05) is 36.8 Å². The quantitative estimate of drug-likeness (QED) is 0.501. The molecule has 1 aliphatic rings. The van der Waals surface area contributed by atoms with E-state index >= 15 is 0 Å². The minimum atomic E-state index is -3.42. The third kappa shape index (κ3) is 5.14. The van der Waals surface area contributed by atoms with Gasteiger partial charge in [0.25, 0.3) is 0 Å². The van der Waals surface area contributed by atoms with Gasteiger partial charge in [0.05, 0.1) is 20.4 Å². The molecule has 0 N–H and O–H groups in total. The lowest BCUT2D eigenvalue weighted by Crippen LogP contribution is -2.48. The molecule has 31 heavy (non-hydrogen) atoms. The normalized spacial score (nSPS) is 14.9. The highest BCUT2D eigenvalue weighted by atomic mass is 35.5. The number of thiazole rings is 1. The first-order valence-corrected chi connectivity index (χ1v) is 13.1. The molecule has 0 radical (unpaired) electrons. The molecule has 0 atom stereocenters. The first-order chi connectivity index (χ1) is 14.8. The summed E-state index contributed by atoms with van der Waals surface area (Å²) in [4.78, 5) is 21.4. The number of carbonyl (C=O) groups excluding carboxylic acids is 1. The molecule has 0 spiro atoms. The van der Waals surface area contributed by atoms with Crippen molar-refractivity contribution in [3.63, 3.8) is 0 Å². The summed E-state index contributed by atoms with van der Waals surface area (Å²) in [5.74, 6) is -0.0782. The van der Waals surface area contributed by atoms with Gasteiger partial charge >= 0.3 is 0 Å². The zero-order chi connectivity index (χ0) is 22.0. The average molecular weight is 498 g/mol. The lowest BCUT2D eigenvalue weighted by molar-refractivity contribution is -0.131. The molecule has 1 fully saturated rings. The van der Waals surface area contributed by atoms with Gasteiger partial charge in [-0.15, -0.1) is 0 Å². The summed E-state index contributed by atoms with van der Waals surface area (Å²) >= 11 is 13.6. The lowest BCUT2D eigenvalue weighted by atomic mass is 10.2.